The largest absolute Gasteiger partial charge is 0.493 e. The van der Waals surface area contributed by atoms with Crippen LogP contribution in [0.5, 0.6) is 23.0 Å². The molecule has 1 fully saturated rings. The standard InChI is InChI=1S/C38H40N2O3.C10H12O2.C10H10O/c41-37(39-20-15-28-11-13-35-30(25-28)18-23-42-35)38(32-7-3-1-4-8-32,33-9-5-2-6-10-33)34-17-22-40(27-34)21-16-29-12-14-36-31(26-29)19-24-43-36;11-5-3-8-1-2-10-9(7-8)4-6-12-10;1-2-8-3-4-10-9(7-8)5-6-11-10/h1-14,25-26,34H,15-24,27H2,(H,39,41);1-2,7,11H,3-6H2;2-4,7H,1,5-6H2/t34-;;/m1../s1. The van der Waals surface area contributed by atoms with Crippen molar-refractivity contribution in [2.75, 3.05) is 59.2 Å². The topological polar surface area (TPSA) is 89.5 Å². The molecule has 6 aromatic carbocycles. The summed E-state index contributed by atoms with van der Waals surface area (Å²) in [4.78, 5) is 17.2. The molecule has 5 aliphatic rings. The van der Waals surface area contributed by atoms with Gasteiger partial charge in [0.15, 0.2) is 0 Å². The third kappa shape index (κ3) is 10.2. The summed E-state index contributed by atoms with van der Waals surface area (Å²) in [5, 5.41) is 12.1. The van der Waals surface area contributed by atoms with E-state index in [4.69, 9.17) is 24.1 Å². The summed E-state index contributed by atoms with van der Waals surface area (Å²) in [5.41, 5.74) is 11.5. The first-order valence-electron chi connectivity index (χ1n) is 23.8. The van der Waals surface area contributed by atoms with Crippen molar-refractivity contribution in [1.82, 2.24) is 10.2 Å². The molecule has 0 saturated carbocycles. The van der Waals surface area contributed by atoms with Gasteiger partial charge in [-0.2, -0.15) is 0 Å². The highest BCUT2D eigenvalue weighted by Gasteiger charge is 2.50. The minimum atomic E-state index is -0.770. The fraction of sp³-hybridized carbons (Fsp3) is 0.328. The molecule has 340 valence electrons. The number of hydrogen-bond donors (Lipinski definition) is 2. The van der Waals surface area contributed by atoms with Gasteiger partial charge in [-0.25, -0.2) is 0 Å². The van der Waals surface area contributed by atoms with Crippen LogP contribution in [0.4, 0.5) is 0 Å². The number of likely N-dealkylation sites (tertiary alicyclic amines) is 1. The molecule has 66 heavy (non-hydrogen) atoms. The van der Waals surface area contributed by atoms with E-state index in [0.717, 1.165) is 132 Å². The number of aliphatic hydroxyl groups excluding tert-OH is 1. The third-order valence-corrected chi connectivity index (χ3v) is 13.7. The summed E-state index contributed by atoms with van der Waals surface area (Å²) in [6, 6.07) is 46.3. The van der Waals surface area contributed by atoms with Gasteiger partial charge in [0.2, 0.25) is 5.91 Å². The first-order chi connectivity index (χ1) is 32.5. The molecule has 5 aliphatic heterocycles. The maximum Gasteiger partial charge on any atom is 0.235 e. The van der Waals surface area contributed by atoms with Gasteiger partial charge < -0.3 is 34.3 Å². The van der Waals surface area contributed by atoms with Gasteiger partial charge in [0, 0.05) is 51.9 Å². The predicted molar refractivity (Wildman–Crippen MR) is 262 cm³/mol. The Morgan fingerprint density at radius 3 is 1.59 bits per heavy atom. The summed E-state index contributed by atoms with van der Waals surface area (Å²) >= 11 is 0. The van der Waals surface area contributed by atoms with E-state index in [0.29, 0.717) is 6.54 Å². The Kier molecular flexibility index (Phi) is 14.5. The van der Waals surface area contributed by atoms with Gasteiger partial charge >= 0.3 is 0 Å². The zero-order chi connectivity index (χ0) is 45.1. The molecule has 0 bridgehead atoms. The second kappa shape index (κ2) is 21.3. The van der Waals surface area contributed by atoms with Crippen LogP contribution in [0.15, 0.2) is 140 Å². The lowest BCUT2D eigenvalue weighted by Crippen LogP contribution is -2.51. The van der Waals surface area contributed by atoms with Crippen LogP contribution < -0.4 is 24.3 Å². The van der Waals surface area contributed by atoms with E-state index in [9.17, 15) is 4.79 Å². The van der Waals surface area contributed by atoms with E-state index >= 15 is 0 Å². The number of fused-ring (bicyclic) bond motifs is 4. The van der Waals surface area contributed by atoms with E-state index in [2.05, 4.69) is 114 Å². The quantitative estimate of drug-likeness (QED) is 0.120. The average Bonchev–Trinajstić information content (AvgIpc) is 4.23. The van der Waals surface area contributed by atoms with Gasteiger partial charge in [0.05, 0.1) is 26.4 Å². The Morgan fingerprint density at radius 1 is 0.621 bits per heavy atom. The molecule has 5 heterocycles. The summed E-state index contributed by atoms with van der Waals surface area (Å²) in [6.07, 6.45) is 9.38. The molecule has 0 aromatic heterocycles. The highest BCUT2D eigenvalue weighted by molar-refractivity contribution is 5.92. The number of rotatable bonds is 13. The van der Waals surface area contributed by atoms with Gasteiger partial charge in [-0.05, 0) is 124 Å². The lowest BCUT2D eigenvalue weighted by molar-refractivity contribution is -0.127. The first-order valence-corrected chi connectivity index (χ1v) is 23.8. The lowest BCUT2D eigenvalue weighted by Gasteiger charge is -2.39. The molecule has 1 atom stereocenters. The number of carbonyl (C=O) groups excluding carboxylic acids is 1. The van der Waals surface area contributed by atoms with Gasteiger partial charge in [0.1, 0.15) is 28.4 Å². The lowest BCUT2D eigenvalue weighted by atomic mass is 9.64. The van der Waals surface area contributed by atoms with Crippen LogP contribution in [-0.4, -0.2) is 75.1 Å². The Labute approximate surface area is 390 Å². The Morgan fingerprint density at radius 2 is 1.09 bits per heavy atom. The van der Waals surface area contributed by atoms with E-state index in [-0.39, 0.29) is 18.4 Å². The smallest absolute Gasteiger partial charge is 0.235 e. The molecule has 8 nitrogen and oxygen atoms in total. The fourth-order valence-electron chi connectivity index (χ4n) is 10.3. The summed E-state index contributed by atoms with van der Waals surface area (Å²) in [7, 11) is 0. The van der Waals surface area contributed by atoms with Gasteiger partial charge in [-0.3, -0.25) is 4.79 Å². The number of aliphatic hydroxyl groups is 1. The van der Waals surface area contributed by atoms with Crippen molar-refractivity contribution in [2.24, 2.45) is 5.92 Å². The number of ether oxygens (including phenoxy) is 4. The number of nitrogens with one attached hydrogen (secondary N) is 1. The van der Waals surface area contributed by atoms with Crippen LogP contribution in [0, 0.1) is 5.92 Å². The Bertz CT molecular complexity index is 2550. The second-order valence-electron chi connectivity index (χ2n) is 17.8. The molecule has 6 aromatic rings. The molecule has 1 amide bonds. The molecular formula is C58H62N2O6. The number of carbonyl (C=O) groups is 1. The van der Waals surface area contributed by atoms with Crippen molar-refractivity contribution < 1.29 is 28.8 Å². The van der Waals surface area contributed by atoms with Crippen LogP contribution in [0.3, 0.4) is 0 Å². The number of amides is 1. The van der Waals surface area contributed by atoms with E-state index in [1.165, 1.54) is 44.5 Å². The minimum absolute atomic E-state index is 0.0971. The normalized spacial score (nSPS) is 16.3. The zero-order valence-electron chi connectivity index (χ0n) is 38.0. The molecule has 0 aliphatic carbocycles. The van der Waals surface area contributed by atoms with Crippen molar-refractivity contribution in [3.8, 4) is 23.0 Å². The monoisotopic (exact) mass is 882 g/mol. The van der Waals surface area contributed by atoms with Crippen LogP contribution in [-0.2, 0) is 55.2 Å². The van der Waals surface area contributed by atoms with E-state index < -0.39 is 5.41 Å². The highest BCUT2D eigenvalue weighted by atomic mass is 16.5. The van der Waals surface area contributed by atoms with Crippen molar-refractivity contribution in [2.45, 2.75) is 56.8 Å². The van der Waals surface area contributed by atoms with Crippen molar-refractivity contribution in [3.63, 3.8) is 0 Å². The summed E-state index contributed by atoms with van der Waals surface area (Å²) in [5.74, 6) is 4.34. The SMILES string of the molecule is C=Cc1ccc2c(c1)CCO2.O=C(NCCc1ccc2c(c1)CCO2)C(c1ccccc1)(c1ccccc1)[C@@H]1CCN(CCc2ccc3c(c2)CCO3)C1.OCCc1ccc2c(c1)CCO2. The second-order valence-corrected chi connectivity index (χ2v) is 17.8. The van der Waals surface area contributed by atoms with E-state index in [1.807, 2.05) is 42.5 Å². The summed E-state index contributed by atoms with van der Waals surface area (Å²) < 4.78 is 22.1. The van der Waals surface area contributed by atoms with Gasteiger partial charge in [-0.1, -0.05) is 116 Å². The van der Waals surface area contributed by atoms with Crippen molar-refractivity contribution >= 4 is 12.0 Å². The number of hydrogen-bond acceptors (Lipinski definition) is 7. The Balaban J connectivity index is 0.000000192. The third-order valence-electron chi connectivity index (χ3n) is 13.7. The molecule has 8 heteroatoms. The fourth-order valence-corrected chi connectivity index (χ4v) is 10.3. The number of nitrogens with zero attached hydrogens (tertiary/aromatic N) is 1. The Hall–Kier alpha value is -6.35. The number of benzene rings is 6. The molecular weight excluding hydrogens is 821 g/mol. The van der Waals surface area contributed by atoms with Crippen molar-refractivity contribution in [1.29, 1.82) is 0 Å². The average molecular weight is 883 g/mol. The van der Waals surface area contributed by atoms with Crippen LogP contribution in [0.1, 0.15) is 62.1 Å². The van der Waals surface area contributed by atoms with E-state index in [1.54, 1.807) is 0 Å². The molecule has 2 N–H and O–H groups in total. The first kappa shape index (κ1) is 44.8. The highest BCUT2D eigenvalue weighted by Crippen LogP contribution is 2.44. The molecule has 0 spiro atoms. The van der Waals surface area contributed by atoms with Crippen LogP contribution in [0.2, 0.25) is 0 Å². The van der Waals surface area contributed by atoms with Crippen LogP contribution in [0.25, 0.3) is 6.08 Å². The minimum Gasteiger partial charge on any atom is -0.493 e. The molecule has 11 rings (SSSR count). The molecule has 0 radical (unpaired) electrons. The zero-order valence-corrected chi connectivity index (χ0v) is 38.0. The maximum atomic E-state index is 14.7. The van der Waals surface area contributed by atoms with Crippen molar-refractivity contribution in [3.05, 3.63) is 196 Å². The molecule has 1 saturated heterocycles. The summed E-state index contributed by atoms with van der Waals surface area (Å²) in [6.45, 7) is 10.6. The molecule has 0 unspecified atom stereocenters. The van der Waals surface area contributed by atoms with Gasteiger partial charge in [0.25, 0.3) is 0 Å². The van der Waals surface area contributed by atoms with Crippen LogP contribution >= 0.6 is 0 Å². The maximum absolute atomic E-state index is 14.7. The van der Waals surface area contributed by atoms with Gasteiger partial charge in [-0.15, -0.1) is 0 Å². The predicted octanol–water partition coefficient (Wildman–Crippen LogP) is 9.19.